The van der Waals surface area contributed by atoms with Crippen LogP contribution in [0.5, 0.6) is 0 Å². The van der Waals surface area contributed by atoms with Crippen LogP contribution in [-0.2, 0) is 65.2 Å². The van der Waals surface area contributed by atoms with Gasteiger partial charge in [-0.15, -0.1) is 11.1 Å². The first-order valence-electron chi connectivity index (χ1n) is 17.3. The van der Waals surface area contributed by atoms with Crippen LogP contribution in [0.4, 0.5) is 0 Å². The fourth-order valence-electron chi connectivity index (χ4n) is 5.92. The normalized spacial score (nSPS) is 12.2. The maximum absolute atomic E-state index is 3.67. The fraction of sp³-hybridized carbons (Fsp3) is 0.467. The standard InChI is InChI=1S/C21H25.C13H21.C11H14.2ClH.Zr/c1-20(2,3)16-7-9-18-14(12-16)11-15-13-17(21(4,5)6)8-10-19(15)18;1-6-10-8-11(7-2)12(9-10)13(3,4)5;1-9-5-7-10(8-6-9)11(2,3)4;;;/h7-10,12H,11H2,1-6H3;8-9H,6-7H2,1-5H3;1,5-8H,2-4H3;2*1H;/q2*-1;;;;+2/p-2. The molecule has 0 N–H and O–H groups in total. The molecule has 0 saturated carbocycles. The SMILES string of the molecule is CC(C)(C)c1[c-]c2c(cc1)-c1ccc(C(C)(C)C)cc1C2.CC(C)(C)c1ccc([CH]=[Zr+2])cc1.CCc1cc(C(C)(C)C)c(CC)[cH-]1.[Cl-].[Cl-]. The van der Waals surface area contributed by atoms with Crippen molar-refractivity contribution in [2.75, 3.05) is 0 Å². The molecule has 0 radical (unpaired) electrons. The first kappa shape index (κ1) is 44.4. The quantitative estimate of drug-likeness (QED) is 0.193. The van der Waals surface area contributed by atoms with Gasteiger partial charge in [-0.3, -0.25) is 0 Å². The Labute approximate surface area is 322 Å². The number of benzene rings is 3. The molecule has 3 heteroatoms. The van der Waals surface area contributed by atoms with Gasteiger partial charge in [0, 0.05) is 0 Å². The summed E-state index contributed by atoms with van der Waals surface area (Å²) in [4.78, 5) is 0. The smallest absolute Gasteiger partial charge is 0.0540 e. The molecule has 4 aromatic carbocycles. The molecule has 0 bridgehead atoms. The van der Waals surface area contributed by atoms with Gasteiger partial charge in [-0.1, -0.05) is 118 Å². The molecule has 48 heavy (non-hydrogen) atoms. The van der Waals surface area contributed by atoms with E-state index in [1.807, 2.05) is 0 Å². The first-order valence-corrected chi connectivity index (χ1v) is 18.7. The summed E-state index contributed by atoms with van der Waals surface area (Å²) in [6.07, 6.45) is 3.34. The Balaban J connectivity index is 0.000000374. The Morgan fingerprint density at radius 2 is 1.19 bits per heavy atom. The predicted molar refractivity (Wildman–Crippen MR) is 201 cm³/mol. The summed E-state index contributed by atoms with van der Waals surface area (Å²) < 4.78 is 2.21. The molecule has 4 aromatic rings. The van der Waals surface area contributed by atoms with Gasteiger partial charge in [0.2, 0.25) is 0 Å². The third-order valence-corrected chi connectivity index (χ3v) is 9.86. The second-order valence-electron chi connectivity index (χ2n) is 17.1. The molecule has 0 amide bonds. The van der Waals surface area contributed by atoms with Crippen molar-refractivity contribution in [2.24, 2.45) is 0 Å². The molecule has 0 heterocycles. The summed E-state index contributed by atoms with van der Waals surface area (Å²) in [5.41, 5.74) is 16.6. The van der Waals surface area contributed by atoms with Crippen LogP contribution >= 0.6 is 0 Å². The summed E-state index contributed by atoms with van der Waals surface area (Å²) in [6.45, 7) is 31.7. The minimum Gasteiger partial charge on any atom is -1.00 e. The zero-order valence-electron chi connectivity index (χ0n) is 32.3. The van der Waals surface area contributed by atoms with Gasteiger partial charge < -0.3 is 24.8 Å². The summed E-state index contributed by atoms with van der Waals surface area (Å²) >= 11 is 1.46. The molecule has 0 aliphatic heterocycles. The van der Waals surface area contributed by atoms with Crippen LogP contribution in [0.15, 0.2) is 66.7 Å². The van der Waals surface area contributed by atoms with Crippen LogP contribution in [0.2, 0.25) is 0 Å². The maximum Gasteiger partial charge on any atom is -0.0540 e. The van der Waals surface area contributed by atoms with E-state index < -0.39 is 0 Å². The number of aryl methyl sites for hydroxylation is 2. The number of hydrogen-bond acceptors (Lipinski definition) is 0. The fourth-order valence-corrected chi connectivity index (χ4v) is 6.40. The van der Waals surface area contributed by atoms with Crippen molar-refractivity contribution >= 4 is 3.71 Å². The molecule has 0 aromatic heterocycles. The third-order valence-electron chi connectivity index (χ3n) is 9.04. The number of hydrogen-bond donors (Lipinski definition) is 0. The molecule has 0 saturated heterocycles. The van der Waals surface area contributed by atoms with E-state index in [0.29, 0.717) is 5.41 Å². The topological polar surface area (TPSA) is 0 Å². The van der Waals surface area contributed by atoms with Crippen molar-refractivity contribution in [2.45, 2.75) is 138 Å². The van der Waals surface area contributed by atoms with E-state index in [0.717, 1.165) is 19.3 Å². The van der Waals surface area contributed by atoms with Gasteiger partial charge in [-0.05, 0) is 28.4 Å². The number of fused-ring (bicyclic) bond motifs is 3. The largest absolute Gasteiger partial charge is 1.00 e. The van der Waals surface area contributed by atoms with Crippen molar-refractivity contribution in [1.82, 2.24) is 0 Å². The van der Waals surface area contributed by atoms with Crippen LogP contribution < -0.4 is 24.8 Å². The Morgan fingerprint density at radius 3 is 1.62 bits per heavy atom. The molecular weight excluding hydrogens is 703 g/mol. The molecule has 1 aliphatic rings. The Hall–Kier alpha value is -1.66. The second kappa shape index (κ2) is 17.5. The number of rotatable bonds is 3. The second-order valence-corrected chi connectivity index (χ2v) is 17.8. The van der Waals surface area contributed by atoms with E-state index in [4.69, 9.17) is 0 Å². The monoisotopic (exact) mass is 760 g/mol. The average Bonchev–Trinajstić information content (AvgIpc) is 3.57. The van der Waals surface area contributed by atoms with Crippen LogP contribution in [0.1, 0.15) is 147 Å². The summed E-state index contributed by atoms with van der Waals surface area (Å²) in [7, 11) is 0. The van der Waals surface area contributed by atoms with Gasteiger partial charge in [-0.25, -0.2) is 6.07 Å². The van der Waals surface area contributed by atoms with E-state index in [1.54, 1.807) is 0 Å². The van der Waals surface area contributed by atoms with Crippen molar-refractivity contribution in [3.63, 3.8) is 0 Å². The molecule has 260 valence electrons. The van der Waals surface area contributed by atoms with Gasteiger partial charge in [0.15, 0.2) is 0 Å². The zero-order valence-corrected chi connectivity index (χ0v) is 36.3. The molecule has 0 unspecified atom stereocenters. The van der Waals surface area contributed by atoms with Crippen LogP contribution in [-0.4, -0.2) is 3.71 Å². The summed E-state index contributed by atoms with van der Waals surface area (Å²) in [6, 6.07) is 28.7. The molecule has 0 atom stereocenters. The first-order chi connectivity index (χ1) is 21.2. The minimum absolute atomic E-state index is 0. The van der Waals surface area contributed by atoms with Gasteiger partial charge in [-0.2, -0.15) is 46.5 Å². The van der Waals surface area contributed by atoms with Gasteiger partial charge >= 0.3 is 89.5 Å². The van der Waals surface area contributed by atoms with Gasteiger partial charge in [0.25, 0.3) is 0 Å². The Morgan fingerprint density at radius 1 is 0.646 bits per heavy atom. The average molecular weight is 763 g/mol. The van der Waals surface area contributed by atoms with E-state index in [9.17, 15) is 0 Å². The van der Waals surface area contributed by atoms with Crippen LogP contribution in [0.25, 0.3) is 11.1 Å². The van der Waals surface area contributed by atoms with Crippen LogP contribution in [0, 0.1) is 6.07 Å². The minimum atomic E-state index is 0. The van der Waals surface area contributed by atoms with Crippen LogP contribution in [0.3, 0.4) is 0 Å². The molecule has 0 fully saturated rings. The summed E-state index contributed by atoms with van der Waals surface area (Å²) in [5, 5.41) is 0. The molecule has 5 rings (SSSR count). The van der Waals surface area contributed by atoms with E-state index in [-0.39, 0.29) is 41.1 Å². The van der Waals surface area contributed by atoms with Crippen molar-refractivity contribution < 1.29 is 49.0 Å². The molecule has 0 nitrogen and oxygen atoms in total. The predicted octanol–water partition coefficient (Wildman–Crippen LogP) is 6.17. The summed E-state index contributed by atoms with van der Waals surface area (Å²) in [5.74, 6) is 0. The molecule has 0 spiro atoms. The molecule has 1 aliphatic carbocycles. The van der Waals surface area contributed by atoms with Crippen molar-refractivity contribution in [3.8, 4) is 11.1 Å². The van der Waals surface area contributed by atoms with Gasteiger partial charge in [0.05, 0.1) is 0 Å². The Bertz CT molecular complexity index is 1550. The third kappa shape index (κ3) is 11.7. The van der Waals surface area contributed by atoms with Crippen molar-refractivity contribution in [1.29, 1.82) is 0 Å². The van der Waals surface area contributed by atoms with E-state index in [1.165, 1.54) is 85.4 Å². The zero-order chi connectivity index (χ0) is 34.7. The van der Waals surface area contributed by atoms with E-state index >= 15 is 0 Å². The van der Waals surface area contributed by atoms with E-state index in [2.05, 4.69) is 173 Å². The number of halogens is 2. The van der Waals surface area contributed by atoms with Crippen molar-refractivity contribution in [3.05, 3.63) is 123 Å². The molecular formula is C45H60Cl2Zr-2. The van der Waals surface area contributed by atoms with Gasteiger partial charge in [0.1, 0.15) is 0 Å². The Kier molecular flexibility index (Phi) is 16.2. The maximum atomic E-state index is 3.67.